The minimum absolute atomic E-state index is 0.0276. The molecule has 94 valence electrons. The molecule has 0 aliphatic carbocycles. The number of rotatable bonds is 2. The number of hydrogen-bond donors (Lipinski definition) is 0. The zero-order valence-corrected chi connectivity index (χ0v) is 10.3. The minimum atomic E-state index is 0.0276. The molecule has 1 heterocycles. The predicted molar refractivity (Wildman–Crippen MR) is 68.6 cm³/mol. The van der Waals surface area contributed by atoms with Gasteiger partial charge in [0, 0.05) is 18.7 Å². The normalized spacial score (nSPS) is 15.7. The monoisotopic (exact) mass is 244 g/mol. The van der Waals surface area contributed by atoms with Crippen molar-refractivity contribution in [1.29, 1.82) is 0 Å². The van der Waals surface area contributed by atoms with Crippen LogP contribution in [-0.4, -0.2) is 30.0 Å². The standard InChI is InChI=1S/C14H16N2O2/c17-11-15-13-7-5-6-12(10-13)14(18)16-8-3-1-2-4-9-16/h5-7,10H,1-4,8-9H2. The van der Waals surface area contributed by atoms with Crippen molar-refractivity contribution in [3.8, 4) is 0 Å². The molecule has 1 fully saturated rings. The van der Waals surface area contributed by atoms with E-state index in [1.165, 1.54) is 18.9 Å². The fourth-order valence-corrected chi connectivity index (χ4v) is 2.22. The van der Waals surface area contributed by atoms with Gasteiger partial charge in [0.05, 0.1) is 5.69 Å². The van der Waals surface area contributed by atoms with Crippen LogP contribution in [0, 0.1) is 0 Å². The summed E-state index contributed by atoms with van der Waals surface area (Å²) >= 11 is 0. The minimum Gasteiger partial charge on any atom is -0.339 e. The van der Waals surface area contributed by atoms with Gasteiger partial charge < -0.3 is 4.90 Å². The number of carbonyl (C=O) groups is 1. The molecule has 0 aromatic heterocycles. The van der Waals surface area contributed by atoms with Gasteiger partial charge in [0.1, 0.15) is 0 Å². The van der Waals surface area contributed by atoms with Crippen molar-refractivity contribution in [3.05, 3.63) is 29.8 Å². The fourth-order valence-electron chi connectivity index (χ4n) is 2.22. The lowest BCUT2D eigenvalue weighted by atomic mass is 10.1. The van der Waals surface area contributed by atoms with Crippen LogP contribution in [0.2, 0.25) is 0 Å². The Morgan fingerprint density at radius 1 is 1.17 bits per heavy atom. The number of hydrogen-bond acceptors (Lipinski definition) is 3. The van der Waals surface area contributed by atoms with Crippen LogP contribution in [0.1, 0.15) is 36.0 Å². The summed E-state index contributed by atoms with van der Waals surface area (Å²) in [6, 6.07) is 6.82. The summed E-state index contributed by atoms with van der Waals surface area (Å²) in [4.78, 5) is 27.9. The summed E-state index contributed by atoms with van der Waals surface area (Å²) in [5.41, 5.74) is 1.07. The highest BCUT2D eigenvalue weighted by molar-refractivity contribution is 5.95. The van der Waals surface area contributed by atoms with Gasteiger partial charge >= 0.3 is 0 Å². The third-order valence-corrected chi connectivity index (χ3v) is 3.16. The van der Waals surface area contributed by atoms with Gasteiger partial charge in [-0.25, -0.2) is 4.79 Å². The fraction of sp³-hybridized carbons (Fsp3) is 0.429. The summed E-state index contributed by atoms with van der Waals surface area (Å²) in [6.07, 6.45) is 6.01. The summed E-state index contributed by atoms with van der Waals surface area (Å²) in [5, 5.41) is 0. The molecule has 0 spiro atoms. The Labute approximate surface area is 106 Å². The lowest BCUT2D eigenvalue weighted by molar-refractivity contribution is 0.0761. The van der Waals surface area contributed by atoms with Gasteiger partial charge in [0.15, 0.2) is 0 Å². The predicted octanol–water partition coefficient (Wildman–Crippen LogP) is 2.67. The molecule has 4 nitrogen and oxygen atoms in total. The van der Waals surface area contributed by atoms with Gasteiger partial charge in [-0.1, -0.05) is 18.9 Å². The van der Waals surface area contributed by atoms with Gasteiger partial charge in [-0.05, 0) is 31.0 Å². The van der Waals surface area contributed by atoms with Crippen LogP contribution >= 0.6 is 0 Å². The van der Waals surface area contributed by atoms with Gasteiger partial charge in [-0.2, -0.15) is 4.99 Å². The molecular formula is C14H16N2O2. The van der Waals surface area contributed by atoms with E-state index in [1.807, 2.05) is 4.90 Å². The Bertz CT molecular complexity index is 470. The summed E-state index contributed by atoms with van der Waals surface area (Å²) in [6.45, 7) is 1.64. The van der Waals surface area contributed by atoms with Crippen LogP contribution in [-0.2, 0) is 4.79 Å². The van der Waals surface area contributed by atoms with E-state index in [0.29, 0.717) is 11.3 Å². The molecule has 1 aliphatic heterocycles. The zero-order valence-electron chi connectivity index (χ0n) is 10.3. The second kappa shape index (κ2) is 6.12. The summed E-state index contributed by atoms with van der Waals surface area (Å²) < 4.78 is 0. The molecule has 0 unspecified atom stereocenters. The van der Waals surface area contributed by atoms with Gasteiger partial charge in [-0.3, -0.25) is 4.79 Å². The lowest BCUT2D eigenvalue weighted by Crippen LogP contribution is -2.31. The molecular weight excluding hydrogens is 228 g/mol. The van der Waals surface area contributed by atoms with Gasteiger partial charge in [-0.15, -0.1) is 0 Å². The number of benzene rings is 1. The van der Waals surface area contributed by atoms with Crippen molar-refractivity contribution >= 4 is 17.7 Å². The van der Waals surface area contributed by atoms with Crippen LogP contribution in [0.4, 0.5) is 5.69 Å². The molecule has 1 amide bonds. The number of likely N-dealkylation sites (tertiary alicyclic amines) is 1. The van der Waals surface area contributed by atoms with Crippen molar-refractivity contribution < 1.29 is 9.59 Å². The van der Waals surface area contributed by atoms with Gasteiger partial charge in [0.25, 0.3) is 5.91 Å². The molecule has 1 aromatic carbocycles. The second-order valence-corrected chi connectivity index (χ2v) is 4.46. The second-order valence-electron chi connectivity index (χ2n) is 4.46. The molecule has 4 heteroatoms. The quantitative estimate of drug-likeness (QED) is 0.593. The SMILES string of the molecule is O=C=Nc1cccc(C(=O)N2CCCCCC2)c1. The molecule has 0 saturated carbocycles. The molecule has 18 heavy (non-hydrogen) atoms. The molecule has 0 bridgehead atoms. The molecule has 1 aromatic rings. The highest BCUT2D eigenvalue weighted by Gasteiger charge is 2.17. The van der Waals surface area contributed by atoms with Crippen LogP contribution < -0.4 is 0 Å². The molecule has 0 atom stereocenters. The Balaban J connectivity index is 2.16. The average molecular weight is 244 g/mol. The Kier molecular flexibility index (Phi) is 4.26. The van der Waals surface area contributed by atoms with E-state index in [1.54, 1.807) is 24.3 Å². The maximum Gasteiger partial charge on any atom is 0.253 e. The molecule has 1 saturated heterocycles. The van der Waals surface area contributed by atoms with Gasteiger partial charge in [0.2, 0.25) is 6.08 Å². The summed E-state index contributed by atoms with van der Waals surface area (Å²) in [5.74, 6) is 0.0276. The molecule has 2 rings (SSSR count). The Morgan fingerprint density at radius 2 is 1.89 bits per heavy atom. The third-order valence-electron chi connectivity index (χ3n) is 3.16. The largest absolute Gasteiger partial charge is 0.339 e. The molecule has 0 radical (unpaired) electrons. The first-order valence-corrected chi connectivity index (χ1v) is 6.28. The van der Waals surface area contributed by atoms with E-state index < -0.39 is 0 Å². The smallest absolute Gasteiger partial charge is 0.253 e. The van der Waals surface area contributed by atoms with E-state index in [9.17, 15) is 9.59 Å². The first-order chi connectivity index (χ1) is 8.81. The van der Waals surface area contributed by atoms with Crippen LogP contribution in [0.15, 0.2) is 29.3 Å². The number of amides is 1. The molecule has 1 aliphatic rings. The molecule has 0 N–H and O–H groups in total. The van der Waals surface area contributed by atoms with E-state index in [0.717, 1.165) is 25.9 Å². The van der Waals surface area contributed by atoms with Crippen molar-refractivity contribution in [2.45, 2.75) is 25.7 Å². The highest BCUT2D eigenvalue weighted by atomic mass is 16.2. The maximum absolute atomic E-state index is 12.3. The van der Waals surface area contributed by atoms with Crippen molar-refractivity contribution in [2.24, 2.45) is 4.99 Å². The summed E-state index contributed by atoms with van der Waals surface area (Å²) in [7, 11) is 0. The van der Waals surface area contributed by atoms with E-state index in [2.05, 4.69) is 4.99 Å². The van der Waals surface area contributed by atoms with E-state index in [-0.39, 0.29) is 5.91 Å². The van der Waals surface area contributed by atoms with E-state index in [4.69, 9.17) is 0 Å². The van der Waals surface area contributed by atoms with Crippen LogP contribution in [0.5, 0.6) is 0 Å². The number of nitrogens with zero attached hydrogens (tertiary/aromatic N) is 2. The maximum atomic E-state index is 12.3. The highest BCUT2D eigenvalue weighted by Crippen LogP contribution is 2.17. The Morgan fingerprint density at radius 3 is 2.56 bits per heavy atom. The first-order valence-electron chi connectivity index (χ1n) is 6.28. The Hall–Kier alpha value is -1.93. The van der Waals surface area contributed by atoms with E-state index >= 15 is 0 Å². The lowest BCUT2D eigenvalue weighted by Gasteiger charge is -2.20. The average Bonchev–Trinajstić information content (AvgIpc) is 2.67. The van der Waals surface area contributed by atoms with Crippen molar-refractivity contribution in [3.63, 3.8) is 0 Å². The topological polar surface area (TPSA) is 49.7 Å². The number of isocyanates is 1. The third kappa shape index (κ3) is 3.05. The van der Waals surface area contributed by atoms with Crippen LogP contribution in [0.3, 0.4) is 0 Å². The van der Waals surface area contributed by atoms with Crippen molar-refractivity contribution in [1.82, 2.24) is 4.90 Å². The van der Waals surface area contributed by atoms with Crippen molar-refractivity contribution in [2.75, 3.05) is 13.1 Å². The first kappa shape index (κ1) is 12.5. The number of aliphatic imine (C=N–C) groups is 1. The zero-order chi connectivity index (χ0) is 12.8. The van der Waals surface area contributed by atoms with Crippen LogP contribution in [0.25, 0.3) is 0 Å². The number of carbonyl (C=O) groups excluding carboxylic acids is 2.